The van der Waals surface area contributed by atoms with E-state index in [0.717, 1.165) is 16.5 Å². The Labute approximate surface area is 112 Å². The van der Waals surface area contributed by atoms with E-state index in [4.69, 9.17) is 0 Å². The van der Waals surface area contributed by atoms with Gasteiger partial charge in [0.05, 0.1) is 16.9 Å². The van der Waals surface area contributed by atoms with E-state index >= 15 is 0 Å². The van der Waals surface area contributed by atoms with Crippen LogP contribution < -0.4 is 10.0 Å². The molecule has 0 amide bonds. The van der Waals surface area contributed by atoms with Crippen LogP contribution in [0.5, 0.6) is 0 Å². The first kappa shape index (κ1) is 13.5. The van der Waals surface area contributed by atoms with Gasteiger partial charge in [0.25, 0.3) is 10.0 Å². The van der Waals surface area contributed by atoms with Crippen LogP contribution in [0.2, 0.25) is 0 Å². The van der Waals surface area contributed by atoms with E-state index in [9.17, 15) is 8.42 Å². The highest BCUT2D eigenvalue weighted by Crippen LogP contribution is 2.23. The number of rotatable bonds is 5. The highest BCUT2D eigenvalue weighted by molar-refractivity contribution is 7.95. The molecule has 0 saturated carbocycles. The fourth-order valence-corrected chi connectivity index (χ4v) is 2.30. The molecule has 2 N–H and O–H groups in total. The van der Waals surface area contributed by atoms with Gasteiger partial charge in [0, 0.05) is 17.3 Å². The minimum Gasteiger partial charge on any atom is -0.314 e. The molecule has 1 aromatic carbocycles. The van der Waals surface area contributed by atoms with Gasteiger partial charge in [-0.3, -0.25) is 4.72 Å². The summed E-state index contributed by atoms with van der Waals surface area (Å²) in [5, 5.41) is 4.77. The molecule has 19 heavy (non-hydrogen) atoms. The molecule has 0 fully saturated rings. The second-order valence-corrected chi connectivity index (χ2v) is 5.65. The summed E-state index contributed by atoms with van der Waals surface area (Å²) in [5.74, 6) is 0. The largest absolute Gasteiger partial charge is 0.314 e. The van der Waals surface area contributed by atoms with Crippen LogP contribution in [0.4, 0.5) is 5.69 Å². The topological polar surface area (TPSA) is 71.1 Å². The van der Waals surface area contributed by atoms with E-state index in [1.165, 1.54) is 0 Å². The Morgan fingerprint density at radius 3 is 2.79 bits per heavy atom. The van der Waals surface area contributed by atoms with E-state index in [1.54, 1.807) is 12.1 Å². The highest BCUT2D eigenvalue weighted by Gasteiger charge is 2.09. The van der Waals surface area contributed by atoms with Crippen LogP contribution in [0.3, 0.4) is 0 Å². The van der Waals surface area contributed by atoms with Crippen molar-refractivity contribution < 1.29 is 8.42 Å². The van der Waals surface area contributed by atoms with Gasteiger partial charge in [-0.1, -0.05) is 24.8 Å². The molecule has 0 aliphatic carbocycles. The standard InChI is InChI=1S/C13H15N3O2S/c1-3-19(17,18)16-12-6-4-5-10-7-8-11(9-14-2)15-13(10)12/h3-8,14,16H,1,9H2,2H3. The molecule has 0 unspecified atom stereocenters. The van der Waals surface area contributed by atoms with Crippen molar-refractivity contribution in [3.63, 3.8) is 0 Å². The first-order valence-corrected chi connectivity index (χ1v) is 7.29. The van der Waals surface area contributed by atoms with Gasteiger partial charge in [0.1, 0.15) is 0 Å². The zero-order valence-electron chi connectivity index (χ0n) is 10.6. The molecule has 0 bridgehead atoms. The second kappa shape index (κ2) is 5.38. The van der Waals surface area contributed by atoms with Gasteiger partial charge in [-0.15, -0.1) is 0 Å². The first-order chi connectivity index (χ1) is 9.05. The van der Waals surface area contributed by atoms with Crippen molar-refractivity contribution >= 4 is 26.6 Å². The van der Waals surface area contributed by atoms with E-state index in [1.807, 2.05) is 25.2 Å². The van der Waals surface area contributed by atoms with Gasteiger partial charge in [0.15, 0.2) is 0 Å². The Bertz CT molecular complexity index is 711. The zero-order chi connectivity index (χ0) is 13.9. The lowest BCUT2D eigenvalue weighted by molar-refractivity contribution is 0.609. The minimum atomic E-state index is -3.53. The molecule has 2 aromatic rings. The van der Waals surface area contributed by atoms with E-state index in [-0.39, 0.29) is 0 Å². The third-order valence-electron chi connectivity index (χ3n) is 2.61. The van der Waals surface area contributed by atoms with Gasteiger partial charge in [-0.2, -0.15) is 0 Å². The van der Waals surface area contributed by atoms with Crippen molar-refractivity contribution in [3.05, 3.63) is 48.0 Å². The van der Waals surface area contributed by atoms with Crippen LogP contribution in [-0.2, 0) is 16.6 Å². The summed E-state index contributed by atoms with van der Waals surface area (Å²) in [6.07, 6.45) is 0. The SMILES string of the molecule is C=CS(=O)(=O)Nc1cccc2ccc(CNC)nc12. The molecule has 6 heteroatoms. The second-order valence-electron chi connectivity index (χ2n) is 4.02. The maximum absolute atomic E-state index is 11.6. The average molecular weight is 277 g/mol. The number of sulfonamides is 1. The summed E-state index contributed by atoms with van der Waals surface area (Å²) in [5.41, 5.74) is 1.93. The molecule has 0 aliphatic rings. The predicted octanol–water partition coefficient (Wildman–Crippen LogP) is 1.84. The molecule has 0 spiro atoms. The van der Waals surface area contributed by atoms with Crippen LogP contribution in [0.15, 0.2) is 42.3 Å². The maximum atomic E-state index is 11.6. The third-order valence-corrected chi connectivity index (χ3v) is 3.55. The Morgan fingerprint density at radius 1 is 1.32 bits per heavy atom. The Balaban J connectivity index is 2.54. The molecule has 0 saturated heterocycles. The minimum absolute atomic E-state index is 0.454. The van der Waals surface area contributed by atoms with Crippen LogP contribution in [0.1, 0.15) is 5.69 Å². The molecular weight excluding hydrogens is 262 g/mol. The smallest absolute Gasteiger partial charge is 0.254 e. The summed E-state index contributed by atoms with van der Waals surface area (Å²) in [7, 11) is -1.70. The summed E-state index contributed by atoms with van der Waals surface area (Å²) >= 11 is 0. The van der Waals surface area contributed by atoms with E-state index in [0.29, 0.717) is 17.7 Å². The molecule has 2 rings (SSSR count). The van der Waals surface area contributed by atoms with Crippen molar-refractivity contribution in [2.45, 2.75) is 6.54 Å². The first-order valence-electron chi connectivity index (χ1n) is 5.74. The number of nitrogens with zero attached hydrogens (tertiary/aromatic N) is 1. The maximum Gasteiger partial charge on any atom is 0.254 e. The average Bonchev–Trinajstić information content (AvgIpc) is 2.39. The monoisotopic (exact) mass is 277 g/mol. The van der Waals surface area contributed by atoms with Crippen molar-refractivity contribution in [1.29, 1.82) is 0 Å². The van der Waals surface area contributed by atoms with Gasteiger partial charge >= 0.3 is 0 Å². The van der Waals surface area contributed by atoms with E-state index in [2.05, 4.69) is 21.6 Å². The molecule has 1 aromatic heterocycles. The number of nitrogens with one attached hydrogen (secondary N) is 2. The van der Waals surface area contributed by atoms with Crippen LogP contribution in [0.25, 0.3) is 10.9 Å². The van der Waals surface area contributed by atoms with Crippen molar-refractivity contribution in [2.24, 2.45) is 0 Å². The Morgan fingerprint density at radius 2 is 2.11 bits per heavy atom. The van der Waals surface area contributed by atoms with Crippen LogP contribution >= 0.6 is 0 Å². The fraction of sp³-hybridized carbons (Fsp3) is 0.154. The van der Waals surface area contributed by atoms with Crippen molar-refractivity contribution in [3.8, 4) is 0 Å². The molecule has 0 aliphatic heterocycles. The summed E-state index contributed by atoms with van der Waals surface area (Å²) < 4.78 is 25.6. The number of pyridine rings is 1. The molecule has 1 heterocycles. The van der Waals surface area contributed by atoms with Gasteiger partial charge in [-0.25, -0.2) is 13.4 Å². The molecular formula is C13H15N3O2S. The summed E-state index contributed by atoms with van der Waals surface area (Å²) in [6, 6.07) is 9.17. The molecule has 100 valence electrons. The van der Waals surface area contributed by atoms with Crippen LogP contribution in [0, 0.1) is 0 Å². The number of hydrogen-bond acceptors (Lipinski definition) is 4. The lowest BCUT2D eigenvalue weighted by Crippen LogP contribution is -2.10. The van der Waals surface area contributed by atoms with Crippen molar-refractivity contribution in [2.75, 3.05) is 11.8 Å². The van der Waals surface area contributed by atoms with Crippen molar-refractivity contribution in [1.82, 2.24) is 10.3 Å². The third kappa shape index (κ3) is 3.10. The van der Waals surface area contributed by atoms with Crippen LogP contribution in [-0.4, -0.2) is 20.4 Å². The number of benzene rings is 1. The molecule has 0 atom stereocenters. The number of aromatic nitrogens is 1. The zero-order valence-corrected chi connectivity index (χ0v) is 11.4. The number of fused-ring (bicyclic) bond motifs is 1. The van der Waals surface area contributed by atoms with Gasteiger partial charge < -0.3 is 5.32 Å². The Hall–Kier alpha value is -1.92. The lowest BCUT2D eigenvalue weighted by atomic mass is 10.2. The molecule has 5 nitrogen and oxygen atoms in total. The number of anilines is 1. The van der Waals surface area contributed by atoms with Gasteiger partial charge in [0.2, 0.25) is 0 Å². The Kier molecular flexibility index (Phi) is 3.82. The summed E-state index contributed by atoms with van der Waals surface area (Å²) in [6.45, 7) is 3.90. The predicted molar refractivity (Wildman–Crippen MR) is 77.2 cm³/mol. The normalized spacial score (nSPS) is 11.4. The number of para-hydroxylation sites is 1. The lowest BCUT2D eigenvalue weighted by Gasteiger charge is -2.09. The fourth-order valence-electron chi connectivity index (χ4n) is 1.74. The molecule has 0 radical (unpaired) electrons. The highest BCUT2D eigenvalue weighted by atomic mass is 32.2. The quantitative estimate of drug-likeness (QED) is 0.875. The van der Waals surface area contributed by atoms with Gasteiger partial charge in [-0.05, 0) is 19.2 Å². The van der Waals surface area contributed by atoms with E-state index < -0.39 is 10.0 Å². The summed E-state index contributed by atoms with van der Waals surface area (Å²) in [4.78, 5) is 4.46. The number of hydrogen-bond donors (Lipinski definition) is 2.